The summed E-state index contributed by atoms with van der Waals surface area (Å²) in [5.41, 5.74) is 0.476. The zero-order chi connectivity index (χ0) is 15.6. The van der Waals surface area contributed by atoms with Crippen LogP contribution in [-0.2, 0) is 0 Å². The first-order valence-electron chi connectivity index (χ1n) is 6.56. The topological polar surface area (TPSA) is 49.8 Å². The van der Waals surface area contributed by atoms with Crippen LogP contribution in [0.5, 0.6) is 5.75 Å². The number of hydrogen-bond donors (Lipinski definition) is 1. The molecule has 0 saturated carbocycles. The Balaban J connectivity index is 2.21. The highest BCUT2D eigenvalue weighted by Crippen LogP contribution is 2.36. The molecule has 0 aliphatic carbocycles. The molecule has 1 aliphatic heterocycles. The first kappa shape index (κ1) is 15.5. The Kier molecular flexibility index (Phi) is 4.29. The van der Waals surface area contributed by atoms with Gasteiger partial charge in [-0.15, -0.1) is 0 Å². The van der Waals surface area contributed by atoms with Crippen molar-refractivity contribution >= 4 is 11.7 Å². The van der Waals surface area contributed by atoms with Crippen LogP contribution in [0.3, 0.4) is 0 Å². The van der Waals surface area contributed by atoms with Gasteiger partial charge < -0.3 is 14.7 Å². The quantitative estimate of drug-likeness (QED) is 0.932. The van der Waals surface area contributed by atoms with Crippen molar-refractivity contribution in [2.45, 2.75) is 19.0 Å². The summed E-state index contributed by atoms with van der Waals surface area (Å²) in [6.45, 7) is 0.356. The molecule has 1 aromatic rings. The number of hydrogen-bond acceptors (Lipinski definition) is 3. The molecule has 4 nitrogen and oxygen atoms in total. The van der Waals surface area contributed by atoms with Gasteiger partial charge in [0, 0.05) is 19.2 Å². The number of methoxy groups -OCH3 is 1. The zero-order valence-corrected chi connectivity index (χ0v) is 11.5. The Morgan fingerprint density at radius 3 is 2.43 bits per heavy atom. The highest BCUT2D eigenvalue weighted by atomic mass is 19.4. The number of carbonyl (C=O) groups is 1. The minimum Gasteiger partial charge on any atom is -0.497 e. The first-order valence-corrected chi connectivity index (χ1v) is 6.56. The fraction of sp³-hybridized carbons (Fsp3) is 0.500. The third-order valence-corrected chi connectivity index (χ3v) is 3.73. The molecule has 0 atom stereocenters. The van der Waals surface area contributed by atoms with Gasteiger partial charge >= 0.3 is 12.1 Å². The number of carboxylic acids is 1. The number of ether oxygens (including phenoxy) is 1. The van der Waals surface area contributed by atoms with Gasteiger partial charge in [0.2, 0.25) is 0 Å². The van der Waals surface area contributed by atoms with Crippen LogP contribution in [-0.4, -0.2) is 37.5 Å². The highest BCUT2D eigenvalue weighted by molar-refractivity contribution is 5.94. The van der Waals surface area contributed by atoms with Gasteiger partial charge in [0.1, 0.15) is 5.75 Å². The number of alkyl halides is 3. The summed E-state index contributed by atoms with van der Waals surface area (Å²) in [6.07, 6.45) is -4.24. The van der Waals surface area contributed by atoms with Gasteiger partial charge in [-0.25, -0.2) is 4.79 Å². The third-order valence-electron chi connectivity index (χ3n) is 3.73. The fourth-order valence-corrected chi connectivity index (χ4v) is 2.53. The molecule has 1 aromatic carbocycles. The molecular formula is C14H16F3NO3. The van der Waals surface area contributed by atoms with E-state index in [9.17, 15) is 23.1 Å². The lowest BCUT2D eigenvalue weighted by molar-refractivity contribution is -0.179. The maximum Gasteiger partial charge on any atom is 0.391 e. The van der Waals surface area contributed by atoms with E-state index in [2.05, 4.69) is 0 Å². The predicted octanol–water partition coefficient (Wildman–Crippen LogP) is 3.17. The molecule has 116 valence electrons. The fourth-order valence-electron chi connectivity index (χ4n) is 2.53. The smallest absolute Gasteiger partial charge is 0.391 e. The molecule has 0 amide bonds. The minimum absolute atomic E-state index is 0.0280. The monoisotopic (exact) mass is 303 g/mol. The van der Waals surface area contributed by atoms with Gasteiger partial charge in [0.05, 0.1) is 24.3 Å². The molecule has 0 radical (unpaired) electrons. The number of anilines is 1. The van der Waals surface area contributed by atoms with E-state index in [0.29, 0.717) is 11.4 Å². The van der Waals surface area contributed by atoms with E-state index in [1.54, 1.807) is 11.0 Å². The number of carboxylic acid groups (broad SMARTS) is 1. The number of piperidine rings is 1. The average molecular weight is 303 g/mol. The van der Waals surface area contributed by atoms with Crippen molar-refractivity contribution in [2.24, 2.45) is 5.92 Å². The van der Waals surface area contributed by atoms with E-state index in [4.69, 9.17) is 4.74 Å². The zero-order valence-electron chi connectivity index (χ0n) is 11.5. The van der Waals surface area contributed by atoms with Crippen molar-refractivity contribution in [3.63, 3.8) is 0 Å². The normalized spacial score (nSPS) is 16.9. The summed E-state index contributed by atoms with van der Waals surface area (Å²) in [5.74, 6) is -1.94. The maximum atomic E-state index is 12.7. The standard InChI is InChI=1S/C14H16F3NO3/c1-21-10-2-3-11(13(19)20)12(8-10)18-6-4-9(5-7-18)14(15,16)17/h2-3,8-9H,4-7H2,1H3,(H,19,20). The predicted molar refractivity (Wildman–Crippen MR) is 70.9 cm³/mol. The molecule has 1 N–H and O–H groups in total. The SMILES string of the molecule is COc1ccc(C(=O)O)c(N2CCC(C(F)(F)F)CC2)c1. The Morgan fingerprint density at radius 1 is 1.33 bits per heavy atom. The molecule has 0 bridgehead atoms. The molecule has 0 spiro atoms. The molecule has 21 heavy (non-hydrogen) atoms. The van der Waals surface area contributed by atoms with E-state index in [-0.39, 0.29) is 31.5 Å². The summed E-state index contributed by atoms with van der Waals surface area (Å²) >= 11 is 0. The molecule has 1 saturated heterocycles. The van der Waals surface area contributed by atoms with Crippen molar-refractivity contribution in [3.05, 3.63) is 23.8 Å². The van der Waals surface area contributed by atoms with Crippen LogP contribution in [0, 0.1) is 5.92 Å². The van der Waals surface area contributed by atoms with Crippen LogP contribution in [0.1, 0.15) is 23.2 Å². The molecule has 0 unspecified atom stereocenters. The second kappa shape index (κ2) is 5.83. The summed E-state index contributed by atoms with van der Waals surface area (Å²) in [6, 6.07) is 4.49. The van der Waals surface area contributed by atoms with Gasteiger partial charge in [0.25, 0.3) is 0 Å². The Bertz CT molecular complexity index is 523. The minimum atomic E-state index is -4.18. The molecule has 1 heterocycles. The third kappa shape index (κ3) is 3.40. The van der Waals surface area contributed by atoms with Crippen molar-refractivity contribution in [1.82, 2.24) is 0 Å². The van der Waals surface area contributed by atoms with Crippen molar-refractivity contribution in [2.75, 3.05) is 25.1 Å². The number of halogens is 3. The summed E-state index contributed by atoms with van der Waals surface area (Å²) in [4.78, 5) is 12.9. The Morgan fingerprint density at radius 2 is 1.95 bits per heavy atom. The molecule has 1 fully saturated rings. The van der Waals surface area contributed by atoms with E-state index >= 15 is 0 Å². The number of nitrogens with zero attached hydrogens (tertiary/aromatic N) is 1. The molecule has 7 heteroatoms. The maximum absolute atomic E-state index is 12.7. The van der Waals surface area contributed by atoms with E-state index < -0.39 is 18.1 Å². The van der Waals surface area contributed by atoms with Gasteiger partial charge in [-0.2, -0.15) is 13.2 Å². The van der Waals surface area contributed by atoms with Crippen LogP contribution in [0.15, 0.2) is 18.2 Å². The Labute approximate surface area is 120 Å². The lowest BCUT2D eigenvalue weighted by Gasteiger charge is -2.35. The second-order valence-electron chi connectivity index (χ2n) is 4.99. The average Bonchev–Trinajstić information content (AvgIpc) is 2.45. The van der Waals surface area contributed by atoms with Crippen molar-refractivity contribution in [1.29, 1.82) is 0 Å². The van der Waals surface area contributed by atoms with Crippen LogP contribution >= 0.6 is 0 Å². The van der Waals surface area contributed by atoms with Gasteiger partial charge in [-0.3, -0.25) is 0 Å². The van der Waals surface area contributed by atoms with Crippen LogP contribution < -0.4 is 9.64 Å². The van der Waals surface area contributed by atoms with Crippen molar-refractivity contribution in [3.8, 4) is 5.75 Å². The van der Waals surface area contributed by atoms with E-state index in [1.165, 1.54) is 19.2 Å². The second-order valence-corrected chi connectivity index (χ2v) is 4.99. The Hall–Kier alpha value is -1.92. The molecule has 1 aliphatic rings. The summed E-state index contributed by atoms with van der Waals surface area (Å²) in [5, 5.41) is 9.19. The lowest BCUT2D eigenvalue weighted by Crippen LogP contribution is -2.39. The number of benzene rings is 1. The number of aromatic carboxylic acids is 1. The molecular weight excluding hydrogens is 287 g/mol. The number of rotatable bonds is 3. The van der Waals surface area contributed by atoms with Crippen LogP contribution in [0.4, 0.5) is 18.9 Å². The van der Waals surface area contributed by atoms with E-state index in [0.717, 1.165) is 0 Å². The highest BCUT2D eigenvalue weighted by Gasteiger charge is 2.41. The molecule has 0 aromatic heterocycles. The van der Waals surface area contributed by atoms with Gasteiger partial charge in [0.15, 0.2) is 0 Å². The van der Waals surface area contributed by atoms with Gasteiger partial charge in [-0.05, 0) is 25.0 Å². The first-order chi connectivity index (χ1) is 9.82. The lowest BCUT2D eigenvalue weighted by atomic mass is 9.95. The molecule has 2 rings (SSSR count). The van der Waals surface area contributed by atoms with Crippen molar-refractivity contribution < 1.29 is 27.8 Å². The summed E-state index contributed by atoms with van der Waals surface area (Å²) in [7, 11) is 1.45. The van der Waals surface area contributed by atoms with E-state index in [1.807, 2.05) is 0 Å². The van der Waals surface area contributed by atoms with Crippen LogP contribution in [0.25, 0.3) is 0 Å². The largest absolute Gasteiger partial charge is 0.497 e. The van der Waals surface area contributed by atoms with Gasteiger partial charge in [-0.1, -0.05) is 0 Å². The van der Waals surface area contributed by atoms with Crippen LogP contribution in [0.2, 0.25) is 0 Å². The summed E-state index contributed by atoms with van der Waals surface area (Å²) < 4.78 is 43.0.